The molecule has 0 aliphatic heterocycles. The first-order valence-corrected chi connectivity index (χ1v) is 9.56. The molecule has 2 rings (SSSR count). The van der Waals surface area contributed by atoms with Crippen molar-refractivity contribution >= 4 is 5.78 Å². The Morgan fingerprint density at radius 3 is 2.07 bits per heavy atom. The molecule has 0 aliphatic rings. The molecule has 0 heterocycles. The first-order valence-electron chi connectivity index (χ1n) is 9.56. The summed E-state index contributed by atoms with van der Waals surface area (Å²) >= 11 is 0. The minimum atomic E-state index is -0.144. The number of ketones is 1. The van der Waals surface area contributed by atoms with Crippen LogP contribution in [0.25, 0.3) is 0 Å². The molecule has 0 amide bonds. The van der Waals surface area contributed by atoms with Gasteiger partial charge in [0, 0.05) is 37.0 Å². The van der Waals surface area contributed by atoms with Crippen LogP contribution in [0.5, 0.6) is 11.5 Å². The van der Waals surface area contributed by atoms with Gasteiger partial charge in [-0.25, -0.2) is 0 Å². The highest BCUT2D eigenvalue weighted by molar-refractivity contribution is 5.98. The van der Waals surface area contributed by atoms with Crippen LogP contribution < -0.4 is 9.47 Å². The summed E-state index contributed by atoms with van der Waals surface area (Å²) in [6.45, 7) is 7.72. The molecule has 4 nitrogen and oxygen atoms in total. The van der Waals surface area contributed by atoms with Gasteiger partial charge >= 0.3 is 0 Å². The van der Waals surface area contributed by atoms with E-state index >= 15 is 0 Å². The molecule has 0 fully saturated rings. The maximum Gasteiger partial charge on any atom is 0.165 e. The molecule has 4 heteroatoms. The van der Waals surface area contributed by atoms with Crippen LogP contribution in [0.2, 0.25) is 0 Å². The van der Waals surface area contributed by atoms with E-state index in [0.717, 1.165) is 6.42 Å². The Morgan fingerprint density at radius 2 is 1.52 bits per heavy atom. The quantitative estimate of drug-likeness (QED) is 0.617. The molecule has 2 atom stereocenters. The summed E-state index contributed by atoms with van der Waals surface area (Å²) in [6.07, 6.45) is 1.12. The fraction of sp³-hybridized carbons (Fsp3) is 0.435. The number of hydrogen-bond acceptors (Lipinski definition) is 4. The van der Waals surface area contributed by atoms with Crippen LogP contribution in [-0.2, 0) is 6.42 Å². The third-order valence-corrected chi connectivity index (χ3v) is 4.27. The Labute approximate surface area is 162 Å². The minimum Gasteiger partial charge on any atom is -0.490 e. The number of Topliss-reactive ketones (excluding diaryl/α,β-unsaturated/α-hetero) is 1. The molecule has 0 radical (unpaired) electrons. The van der Waals surface area contributed by atoms with E-state index in [1.54, 1.807) is 12.1 Å². The highest BCUT2D eigenvalue weighted by atomic mass is 16.5. The van der Waals surface area contributed by atoms with Gasteiger partial charge in [-0.15, -0.1) is 0 Å². The zero-order valence-corrected chi connectivity index (χ0v) is 16.6. The summed E-state index contributed by atoms with van der Waals surface area (Å²) in [6, 6.07) is 15.5. The van der Waals surface area contributed by atoms with Crippen molar-refractivity contribution in [2.45, 2.75) is 52.7 Å². The van der Waals surface area contributed by atoms with Crippen molar-refractivity contribution in [3.8, 4) is 11.5 Å². The molecule has 0 bridgehead atoms. The van der Waals surface area contributed by atoms with Gasteiger partial charge in [0.25, 0.3) is 0 Å². The number of aliphatic hydroxyl groups is 1. The molecule has 0 aromatic heterocycles. The normalized spacial score (nSPS) is 13.3. The SMILES string of the molecule is CC(C)C(=O)c1cc(O[C@@H](C)CCO)cc(O[C@@H](C)Cc2ccccc2)c1. The average Bonchev–Trinajstić information content (AvgIpc) is 2.61. The van der Waals surface area contributed by atoms with Gasteiger partial charge in [0.15, 0.2) is 5.78 Å². The molecule has 0 saturated carbocycles. The summed E-state index contributed by atoms with van der Waals surface area (Å²) in [7, 11) is 0. The second kappa shape index (κ2) is 10.1. The molecule has 0 saturated heterocycles. The van der Waals surface area contributed by atoms with Crippen LogP contribution in [0.15, 0.2) is 48.5 Å². The molecule has 0 unspecified atom stereocenters. The van der Waals surface area contributed by atoms with E-state index in [1.165, 1.54) is 5.56 Å². The lowest BCUT2D eigenvalue weighted by atomic mass is 10.0. The van der Waals surface area contributed by atoms with Gasteiger partial charge in [0.05, 0.1) is 12.2 Å². The average molecular weight is 370 g/mol. The van der Waals surface area contributed by atoms with Gasteiger partial charge in [-0.2, -0.15) is 0 Å². The van der Waals surface area contributed by atoms with E-state index in [0.29, 0.717) is 23.5 Å². The molecule has 146 valence electrons. The van der Waals surface area contributed by atoms with Crippen LogP contribution in [-0.4, -0.2) is 29.7 Å². The van der Waals surface area contributed by atoms with Crippen molar-refractivity contribution in [3.05, 3.63) is 59.7 Å². The molecular weight excluding hydrogens is 340 g/mol. The monoisotopic (exact) mass is 370 g/mol. The van der Waals surface area contributed by atoms with Crippen LogP contribution in [0.1, 0.15) is 50.0 Å². The molecule has 0 spiro atoms. The van der Waals surface area contributed by atoms with E-state index in [1.807, 2.05) is 52.0 Å². The Kier molecular flexibility index (Phi) is 7.86. The zero-order valence-electron chi connectivity index (χ0n) is 16.6. The van der Waals surface area contributed by atoms with Crippen molar-refractivity contribution in [1.82, 2.24) is 0 Å². The van der Waals surface area contributed by atoms with E-state index in [-0.39, 0.29) is 30.5 Å². The second-order valence-corrected chi connectivity index (χ2v) is 7.27. The third kappa shape index (κ3) is 6.72. The number of carbonyl (C=O) groups is 1. The van der Waals surface area contributed by atoms with Crippen molar-refractivity contribution in [2.75, 3.05) is 6.61 Å². The van der Waals surface area contributed by atoms with Gasteiger partial charge in [-0.3, -0.25) is 4.79 Å². The van der Waals surface area contributed by atoms with Crippen molar-refractivity contribution < 1.29 is 19.4 Å². The summed E-state index contributed by atoms with van der Waals surface area (Å²) in [5.74, 6) is 1.15. The van der Waals surface area contributed by atoms with Crippen LogP contribution in [0.3, 0.4) is 0 Å². The van der Waals surface area contributed by atoms with Gasteiger partial charge in [-0.05, 0) is 31.5 Å². The van der Waals surface area contributed by atoms with E-state index < -0.39 is 0 Å². The van der Waals surface area contributed by atoms with Gasteiger partial charge in [-0.1, -0.05) is 44.2 Å². The lowest BCUT2D eigenvalue weighted by Crippen LogP contribution is -2.17. The molecular formula is C23H30O4. The summed E-state index contributed by atoms with van der Waals surface area (Å²) in [5.41, 5.74) is 1.79. The Morgan fingerprint density at radius 1 is 0.926 bits per heavy atom. The Bertz CT molecular complexity index is 724. The lowest BCUT2D eigenvalue weighted by Gasteiger charge is -2.19. The van der Waals surface area contributed by atoms with Gasteiger partial charge in [0.2, 0.25) is 0 Å². The number of benzene rings is 2. The van der Waals surface area contributed by atoms with Crippen molar-refractivity contribution in [1.29, 1.82) is 0 Å². The smallest absolute Gasteiger partial charge is 0.165 e. The summed E-state index contributed by atoms with van der Waals surface area (Å²) in [5, 5.41) is 9.09. The molecule has 0 aliphatic carbocycles. The fourth-order valence-electron chi connectivity index (χ4n) is 2.88. The number of aliphatic hydroxyl groups excluding tert-OH is 1. The molecule has 1 N–H and O–H groups in total. The van der Waals surface area contributed by atoms with E-state index in [4.69, 9.17) is 14.6 Å². The Hall–Kier alpha value is -2.33. The highest BCUT2D eigenvalue weighted by Gasteiger charge is 2.16. The highest BCUT2D eigenvalue weighted by Crippen LogP contribution is 2.27. The van der Waals surface area contributed by atoms with Crippen molar-refractivity contribution in [3.63, 3.8) is 0 Å². The topological polar surface area (TPSA) is 55.8 Å². The minimum absolute atomic E-state index is 0.0421. The number of carbonyl (C=O) groups excluding carboxylic acids is 1. The number of ether oxygens (including phenoxy) is 2. The lowest BCUT2D eigenvalue weighted by molar-refractivity contribution is 0.0937. The first-order chi connectivity index (χ1) is 12.9. The summed E-state index contributed by atoms with van der Waals surface area (Å²) < 4.78 is 12.0. The van der Waals surface area contributed by atoms with Crippen LogP contribution in [0, 0.1) is 5.92 Å². The standard InChI is InChI=1S/C23H30O4/c1-16(2)23(25)20-13-21(26-17(3)10-11-24)15-22(14-20)27-18(4)12-19-8-6-5-7-9-19/h5-9,13-18,24H,10-12H2,1-4H3/t17-,18-/m0/s1. The molecule has 2 aromatic carbocycles. The van der Waals surface area contributed by atoms with E-state index in [2.05, 4.69) is 12.1 Å². The third-order valence-electron chi connectivity index (χ3n) is 4.27. The molecule has 2 aromatic rings. The predicted octanol–water partition coefficient (Wildman–Crippen LogP) is 4.69. The summed E-state index contributed by atoms with van der Waals surface area (Å²) in [4.78, 5) is 12.5. The maximum atomic E-state index is 12.5. The van der Waals surface area contributed by atoms with Crippen LogP contribution in [0.4, 0.5) is 0 Å². The largest absolute Gasteiger partial charge is 0.490 e. The predicted molar refractivity (Wildman–Crippen MR) is 108 cm³/mol. The second-order valence-electron chi connectivity index (χ2n) is 7.27. The molecule has 27 heavy (non-hydrogen) atoms. The van der Waals surface area contributed by atoms with Crippen LogP contribution >= 0.6 is 0 Å². The Balaban J connectivity index is 2.19. The van der Waals surface area contributed by atoms with E-state index in [9.17, 15) is 4.79 Å². The number of hydrogen-bond donors (Lipinski definition) is 1. The maximum absolute atomic E-state index is 12.5. The van der Waals surface area contributed by atoms with Crippen molar-refractivity contribution in [2.24, 2.45) is 5.92 Å². The number of rotatable bonds is 10. The van der Waals surface area contributed by atoms with Gasteiger partial charge < -0.3 is 14.6 Å². The fourth-order valence-corrected chi connectivity index (χ4v) is 2.88. The van der Waals surface area contributed by atoms with Gasteiger partial charge in [0.1, 0.15) is 11.5 Å². The zero-order chi connectivity index (χ0) is 19.8. The first kappa shape index (κ1) is 21.0.